The number of aromatic nitrogens is 6. The molecule has 8 nitrogen and oxygen atoms in total. The van der Waals surface area contributed by atoms with E-state index in [4.69, 9.17) is 0 Å². The Balaban J connectivity index is -0.0000000458. The van der Waals surface area contributed by atoms with Crippen LogP contribution in [-0.4, -0.2) is 56.1 Å². The third kappa shape index (κ3) is 165. The van der Waals surface area contributed by atoms with E-state index in [9.17, 15) is 0 Å². The van der Waals surface area contributed by atoms with Gasteiger partial charge in [-0.1, -0.05) is 474 Å². The van der Waals surface area contributed by atoms with E-state index in [-0.39, 0.29) is 103 Å². The average Bonchev–Trinajstić information content (AvgIpc) is 1.74. The van der Waals surface area contributed by atoms with Crippen molar-refractivity contribution in [3.63, 3.8) is 0 Å². The van der Waals surface area contributed by atoms with Crippen LogP contribution < -0.4 is 10.6 Å². The van der Waals surface area contributed by atoms with E-state index in [1.165, 1.54) is 64.2 Å². The minimum absolute atomic E-state index is 0. The predicted octanol–water partition coefficient (Wildman–Crippen LogP) is 39.5. The van der Waals surface area contributed by atoms with Gasteiger partial charge in [-0.3, -0.25) is 19.9 Å². The van der Waals surface area contributed by atoms with Gasteiger partial charge in [0, 0.05) is 156 Å². The molecular formula is C116H218N8Y2-4. The molecular weight excluding hydrogens is 1680 g/mol. The van der Waals surface area contributed by atoms with E-state index in [0.29, 0.717) is 12.1 Å². The van der Waals surface area contributed by atoms with Crippen LogP contribution in [0.4, 0.5) is 0 Å². The maximum Gasteiger partial charge on any atom is 0.0456 e. The van der Waals surface area contributed by atoms with Gasteiger partial charge in [0.2, 0.25) is 0 Å². The smallest absolute Gasteiger partial charge is 0.0456 e. The van der Waals surface area contributed by atoms with Gasteiger partial charge in [-0.05, 0) is 115 Å². The molecule has 0 aliphatic carbocycles. The molecule has 126 heavy (non-hydrogen) atoms. The number of nitrogens with zero attached hydrogens (tertiary/aromatic N) is 4. The number of nitrogens with one attached hydrogen (secondary N) is 4. The molecule has 0 spiro atoms. The molecule has 0 saturated heterocycles. The summed E-state index contributed by atoms with van der Waals surface area (Å²) >= 11 is 0. The number of fused-ring (bicyclic) bond motifs is 2. The average molecular weight is 1900 g/mol. The van der Waals surface area contributed by atoms with Crippen LogP contribution in [0.25, 0.3) is 32.9 Å². The molecule has 10 heteroatoms. The number of para-hydroxylation sites is 2. The van der Waals surface area contributed by atoms with Gasteiger partial charge >= 0.3 is 0 Å². The van der Waals surface area contributed by atoms with Crippen LogP contribution in [0.15, 0.2) is 286 Å². The first kappa shape index (κ1) is 177. The van der Waals surface area contributed by atoms with Gasteiger partial charge < -0.3 is 47.3 Å². The fourth-order valence-electron chi connectivity index (χ4n) is 5.79. The van der Waals surface area contributed by atoms with Crippen molar-refractivity contribution in [2.45, 2.75) is 352 Å². The quantitative estimate of drug-likeness (QED) is 0.107. The SMILES string of the molecule is C.C.C.C.C.CC.CC.CC.CC.CC.CC.CC.CC.CC.CC(C)C(C)Cc1c[nH]c2ccccc12.CCC(C)C.CCC(C)C.CCC(C)C.CNC(C)C.CNC(C)C.C[CH-]C.C[CH-]C.[CH2-]C.[CH2-]C.[Y].[Y].c1ccc(-c2ccccc2)cc1.c1ccc2[nH]ccc2c1.c1ccccc1.c1ccccc1.c1ccncc1.c1ccncc1.c1cnccn1. The summed E-state index contributed by atoms with van der Waals surface area (Å²) in [6.07, 6.45) is 26.7. The number of aromatic amines is 2. The summed E-state index contributed by atoms with van der Waals surface area (Å²) in [6, 6.07) is 76.3. The molecule has 11 aromatic rings. The summed E-state index contributed by atoms with van der Waals surface area (Å²) in [5.41, 5.74) is 6.46. The second kappa shape index (κ2) is 176. The number of hydrogen-bond acceptors (Lipinski definition) is 6. The van der Waals surface area contributed by atoms with Crippen molar-refractivity contribution in [2.24, 2.45) is 29.6 Å². The van der Waals surface area contributed by atoms with Crippen LogP contribution >= 0.6 is 0 Å². The maximum atomic E-state index is 3.78. The fraction of sp³-hybridized carbons (Fsp3) is 0.500. The van der Waals surface area contributed by atoms with Crippen molar-refractivity contribution in [3.05, 3.63) is 319 Å². The van der Waals surface area contributed by atoms with E-state index < -0.39 is 0 Å². The van der Waals surface area contributed by atoms with Gasteiger partial charge in [0.05, 0.1) is 0 Å². The van der Waals surface area contributed by atoms with Gasteiger partial charge in [-0.15, -0.1) is 0 Å². The molecule has 5 heterocycles. The molecule has 0 saturated carbocycles. The van der Waals surface area contributed by atoms with Gasteiger partial charge in [-0.25, -0.2) is 0 Å². The Kier molecular flexibility index (Phi) is 247. The van der Waals surface area contributed by atoms with Crippen molar-refractivity contribution in [1.29, 1.82) is 0 Å². The third-order valence-corrected chi connectivity index (χ3v) is 13.2. The second-order valence-corrected chi connectivity index (χ2v) is 24.3. The summed E-state index contributed by atoms with van der Waals surface area (Å²) in [5.74, 6) is 4.14. The van der Waals surface area contributed by atoms with Crippen LogP contribution in [0.1, 0.15) is 339 Å². The molecule has 0 fully saturated rings. The van der Waals surface area contributed by atoms with E-state index in [1.807, 2.05) is 319 Å². The first-order chi connectivity index (χ1) is 57.8. The Labute approximate surface area is 845 Å². The van der Waals surface area contributed by atoms with Gasteiger partial charge in [0.1, 0.15) is 0 Å². The summed E-state index contributed by atoms with van der Waals surface area (Å²) in [5, 5.41) is 8.71. The molecule has 1 unspecified atom stereocenters. The molecule has 0 aliphatic rings. The van der Waals surface area contributed by atoms with E-state index in [1.54, 1.807) is 63.4 Å². The maximum absolute atomic E-state index is 3.78. The number of rotatable bonds is 9. The molecule has 0 aliphatic heterocycles. The Morgan fingerprint density at radius 3 is 0.706 bits per heavy atom. The van der Waals surface area contributed by atoms with Crippen LogP contribution in [0.3, 0.4) is 0 Å². The first-order valence-corrected chi connectivity index (χ1v) is 45.6. The molecule has 5 aromatic heterocycles. The van der Waals surface area contributed by atoms with E-state index in [2.05, 4.69) is 262 Å². The Hall–Kier alpha value is -6.09. The van der Waals surface area contributed by atoms with Crippen molar-refractivity contribution in [2.75, 3.05) is 14.1 Å². The zero-order valence-electron chi connectivity index (χ0n) is 87.0. The monoisotopic (exact) mass is 1900 g/mol. The first-order valence-electron chi connectivity index (χ1n) is 45.6. The number of H-pyrrole nitrogens is 2. The van der Waals surface area contributed by atoms with Gasteiger partial charge in [0.15, 0.2) is 0 Å². The summed E-state index contributed by atoms with van der Waals surface area (Å²) < 4.78 is 0. The number of pyridine rings is 2. The van der Waals surface area contributed by atoms with Gasteiger partial charge in [-0.2, -0.15) is 41.5 Å². The van der Waals surface area contributed by atoms with Crippen molar-refractivity contribution < 1.29 is 65.4 Å². The molecule has 11 rings (SSSR count). The van der Waals surface area contributed by atoms with Crippen molar-refractivity contribution in [1.82, 2.24) is 40.5 Å². The Morgan fingerprint density at radius 1 is 0.302 bits per heavy atom. The summed E-state index contributed by atoms with van der Waals surface area (Å²) in [7, 11) is 3.90. The van der Waals surface area contributed by atoms with Crippen LogP contribution in [0, 0.1) is 56.3 Å². The molecule has 6 aromatic carbocycles. The fourth-order valence-corrected chi connectivity index (χ4v) is 5.79. The zero-order valence-corrected chi connectivity index (χ0v) is 92.7. The number of hydrogen-bond donors (Lipinski definition) is 4. The van der Waals surface area contributed by atoms with Crippen LogP contribution in [0.5, 0.6) is 0 Å². The summed E-state index contributed by atoms with van der Waals surface area (Å²) in [6.45, 7) is 89.3. The van der Waals surface area contributed by atoms with E-state index in [0.717, 1.165) is 29.6 Å². The van der Waals surface area contributed by atoms with Gasteiger partial charge in [0.25, 0.3) is 0 Å². The molecule has 0 amide bonds. The standard InChI is InChI=1S/C14H19N.C12H10.C8H7N.2C6H6.2C5H5N.3C5H12.C4H4N2.2C4H11N.2C3H7.9C2H6.2C2H5.5CH4.2Y/c1-10(2)11(3)8-12-9-15-14-7-5-4-6-13(12)14;1-3-7-11(8-4-1)12-9-5-2-6-10-12;1-2-4-8-7(3-1)5-6-9-8;4*1-2-4-6-5-3-1;3*1-4-5(2)3;1-2-6-4-3-5-1;2*1-4(2)5-3;2*1-3-2;11*1-2;;;;;;;/h4-7,9-11,15H,8H2,1-3H3;1-10H;1-6,9H;2*1-6H;2*1-5H;3*5H,4H2,1-3H3;1-4H;2*4-5H,1-3H3;2*3H,1-2H3;9*1-2H3;2*1H2,2H3;5*1H4;;/q;;;;;;;;;;;;;2*-1;;;;;;;;;;2*-1;;;;;;;. The minimum Gasteiger partial charge on any atom is -0.361 e. The zero-order chi connectivity index (χ0) is 95.2. The normalized spacial score (nSPS) is 7.89. The van der Waals surface area contributed by atoms with Crippen molar-refractivity contribution in [3.8, 4) is 11.1 Å². The Bertz CT molecular complexity index is 2680. The molecule has 1 atom stereocenters. The van der Waals surface area contributed by atoms with Crippen LogP contribution in [-0.2, 0) is 71.8 Å². The number of benzene rings is 6. The minimum atomic E-state index is 0. The molecule has 4 N–H and O–H groups in total. The van der Waals surface area contributed by atoms with E-state index >= 15 is 0 Å². The molecule has 2 radical (unpaired) electrons. The summed E-state index contributed by atoms with van der Waals surface area (Å²) in [4.78, 5) is 21.5. The molecule has 732 valence electrons. The predicted molar refractivity (Wildman–Crippen MR) is 592 cm³/mol. The second-order valence-electron chi connectivity index (χ2n) is 24.3. The van der Waals surface area contributed by atoms with Crippen molar-refractivity contribution >= 4 is 21.8 Å². The topological polar surface area (TPSA) is 107 Å². The third-order valence-electron chi connectivity index (χ3n) is 13.2. The largest absolute Gasteiger partial charge is 0.361 e. The molecule has 0 bridgehead atoms. The van der Waals surface area contributed by atoms with Crippen LogP contribution in [0.2, 0.25) is 0 Å². The Morgan fingerprint density at radius 2 is 0.508 bits per heavy atom.